The number of pyridine rings is 1. The maximum atomic E-state index is 10.4. The molecule has 5 N–H and O–H groups in total. The van der Waals surface area contributed by atoms with Crippen LogP contribution in [0.4, 0.5) is 5.82 Å². The summed E-state index contributed by atoms with van der Waals surface area (Å²) in [6.45, 7) is 1.08. The summed E-state index contributed by atoms with van der Waals surface area (Å²) in [4.78, 5) is 4.14. The summed E-state index contributed by atoms with van der Waals surface area (Å²) >= 11 is 0. The largest absolute Gasteiger partial charge is 0.394 e. The van der Waals surface area contributed by atoms with Gasteiger partial charge in [0.25, 0.3) is 0 Å². The van der Waals surface area contributed by atoms with Gasteiger partial charge >= 0.3 is 0 Å². The van der Waals surface area contributed by atoms with E-state index in [9.17, 15) is 15.3 Å². The molecule has 3 aliphatic rings. The van der Waals surface area contributed by atoms with Gasteiger partial charge < -0.3 is 30.4 Å². The first kappa shape index (κ1) is 13.3. The van der Waals surface area contributed by atoms with Crippen LogP contribution in [0.15, 0.2) is 24.5 Å². The van der Waals surface area contributed by atoms with Gasteiger partial charge in [-0.1, -0.05) is 0 Å². The molecule has 0 spiro atoms. The first-order valence-corrected chi connectivity index (χ1v) is 6.34. The Balaban J connectivity index is 2.07. The molecule has 7 heteroatoms. The van der Waals surface area contributed by atoms with Crippen molar-refractivity contribution in [2.45, 2.75) is 31.0 Å². The van der Waals surface area contributed by atoms with Crippen molar-refractivity contribution >= 4 is 5.82 Å². The number of nitrogen functional groups attached to an aromatic ring is 1. The minimum atomic E-state index is -1.56. The van der Waals surface area contributed by atoms with Crippen molar-refractivity contribution < 1.29 is 20.1 Å². The van der Waals surface area contributed by atoms with E-state index in [-0.39, 0.29) is 6.61 Å². The number of fused-ring (bicyclic) bond motifs is 1. The highest BCUT2D eigenvalue weighted by molar-refractivity contribution is 5.72. The summed E-state index contributed by atoms with van der Waals surface area (Å²) in [5.41, 5.74) is 6.02. The third-order valence-corrected chi connectivity index (χ3v) is 3.87. The van der Waals surface area contributed by atoms with Crippen molar-refractivity contribution in [3.63, 3.8) is 0 Å². The Hall–Kier alpha value is -1.67. The van der Waals surface area contributed by atoms with Gasteiger partial charge in [-0.3, -0.25) is 4.98 Å². The molecule has 0 amide bonds. The van der Waals surface area contributed by atoms with Crippen molar-refractivity contribution in [1.29, 1.82) is 0 Å². The topological polar surface area (TPSA) is 114 Å². The normalized spacial score (nSPS) is 33.9. The van der Waals surface area contributed by atoms with Crippen LogP contribution in [0.5, 0.6) is 0 Å². The standard InChI is InChI=1S/C13H17N3O4/c1-13(19)10(18)9(6-17)20-12(13)16-5-3-8-7(11(16)14)2-4-15-8/h2-5,9-10,12,17-19H,6,14H2,1H3/t9-,10-,12-,13-/m1/s1. The molecule has 1 fully saturated rings. The Morgan fingerprint density at radius 2 is 2.25 bits per heavy atom. The van der Waals surface area contributed by atoms with E-state index in [0.29, 0.717) is 5.82 Å². The summed E-state index contributed by atoms with van der Waals surface area (Å²) in [5.74, 6) is 0.385. The molecule has 0 saturated carbocycles. The molecule has 7 nitrogen and oxygen atoms in total. The highest BCUT2D eigenvalue weighted by Gasteiger charge is 2.53. The first-order chi connectivity index (χ1) is 9.46. The number of hydrogen-bond donors (Lipinski definition) is 4. The molecule has 0 aromatic carbocycles. The lowest BCUT2D eigenvalue weighted by Crippen LogP contribution is -2.44. The van der Waals surface area contributed by atoms with Crippen LogP contribution < -0.4 is 5.73 Å². The number of anilines is 1. The van der Waals surface area contributed by atoms with Crippen LogP contribution >= 0.6 is 0 Å². The van der Waals surface area contributed by atoms with E-state index in [4.69, 9.17) is 10.5 Å². The van der Waals surface area contributed by atoms with Crippen LogP contribution in [0.1, 0.15) is 13.2 Å². The highest BCUT2D eigenvalue weighted by atomic mass is 16.6. The van der Waals surface area contributed by atoms with E-state index >= 15 is 0 Å². The van der Waals surface area contributed by atoms with Crippen molar-refractivity contribution in [3.8, 4) is 11.3 Å². The zero-order valence-corrected chi connectivity index (χ0v) is 11.0. The Morgan fingerprint density at radius 3 is 2.90 bits per heavy atom. The third kappa shape index (κ3) is 1.71. The smallest absolute Gasteiger partial charge is 0.167 e. The van der Waals surface area contributed by atoms with Crippen molar-refractivity contribution in [2.75, 3.05) is 12.3 Å². The van der Waals surface area contributed by atoms with Gasteiger partial charge in [0.1, 0.15) is 23.6 Å². The second kappa shape index (κ2) is 4.42. The minimum Gasteiger partial charge on any atom is -0.394 e. The maximum Gasteiger partial charge on any atom is 0.167 e. The molecule has 108 valence electrons. The molecule has 0 aromatic heterocycles. The number of aromatic nitrogens is 2. The summed E-state index contributed by atoms with van der Waals surface area (Å²) in [5, 5.41) is 29.7. The van der Waals surface area contributed by atoms with Crippen molar-refractivity contribution in [2.24, 2.45) is 0 Å². The number of aliphatic hydroxyl groups is 3. The number of aliphatic hydroxyl groups excluding tert-OH is 2. The van der Waals surface area contributed by atoms with E-state index in [1.165, 1.54) is 6.92 Å². The summed E-state index contributed by atoms with van der Waals surface area (Å²) in [6.07, 6.45) is 0.364. The fourth-order valence-corrected chi connectivity index (χ4v) is 2.66. The molecule has 0 bridgehead atoms. The molecular weight excluding hydrogens is 262 g/mol. The Morgan fingerprint density at radius 1 is 1.50 bits per heavy atom. The van der Waals surface area contributed by atoms with E-state index < -0.39 is 24.0 Å². The molecule has 0 unspecified atom stereocenters. The van der Waals surface area contributed by atoms with Crippen molar-refractivity contribution in [1.82, 2.24) is 9.55 Å². The Labute approximate surface area is 115 Å². The van der Waals surface area contributed by atoms with Gasteiger partial charge in [-0.25, -0.2) is 0 Å². The van der Waals surface area contributed by atoms with Crippen LogP contribution in [0.3, 0.4) is 0 Å². The van der Waals surface area contributed by atoms with E-state index in [0.717, 1.165) is 11.3 Å². The quantitative estimate of drug-likeness (QED) is 0.593. The van der Waals surface area contributed by atoms with E-state index in [2.05, 4.69) is 4.98 Å². The molecule has 3 aliphatic heterocycles. The van der Waals surface area contributed by atoms with Crippen LogP contribution in [0, 0.1) is 0 Å². The lowest BCUT2D eigenvalue weighted by Gasteiger charge is -2.29. The first-order valence-electron chi connectivity index (χ1n) is 6.34. The average Bonchev–Trinajstić information content (AvgIpc) is 2.97. The van der Waals surface area contributed by atoms with Gasteiger partial charge in [-0.2, -0.15) is 0 Å². The monoisotopic (exact) mass is 279 g/mol. The number of nitrogens with zero attached hydrogens (tertiary/aromatic N) is 2. The fourth-order valence-electron chi connectivity index (χ4n) is 2.66. The van der Waals surface area contributed by atoms with E-state index in [1.807, 2.05) is 0 Å². The predicted octanol–water partition coefficient (Wildman–Crippen LogP) is -0.428. The molecule has 3 rings (SSSR count). The molecule has 0 aliphatic carbocycles. The SMILES string of the molecule is C[C@@]1(O)[C@H](O)[C@@H](CO)O[C@H]1n1ccc2nccc-2c1N. The number of ether oxygens (including phenoxy) is 1. The summed E-state index contributed by atoms with van der Waals surface area (Å²) in [7, 11) is 0. The molecule has 4 atom stereocenters. The van der Waals surface area contributed by atoms with Crippen LogP contribution in [0.25, 0.3) is 11.3 Å². The van der Waals surface area contributed by atoms with Gasteiger partial charge in [-0.15, -0.1) is 0 Å². The van der Waals surface area contributed by atoms with Crippen LogP contribution in [-0.4, -0.2) is 49.3 Å². The molecule has 20 heavy (non-hydrogen) atoms. The number of nitrogens with two attached hydrogens (primary N) is 1. The Bertz CT molecular complexity index is 597. The molecule has 0 radical (unpaired) electrons. The van der Waals surface area contributed by atoms with Gasteiger partial charge in [0.05, 0.1) is 12.3 Å². The summed E-state index contributed by atoms with van der Waals surface area (Å²) < 4.78 is 7.09. The number of hydrogen-bond acceptors (Lipinski definition) is 6. The molecular formula is C13H17N3O4. The van der Waals surface area contributed by atoms with E-state index in [1.54, 1.807) is 29.1 Å². The van der Waals surface area contributed by atoms with Crippen LogP contribution in [0.2, 0.25) is 0 Å². The second-order valence-corrected chi connectivity index (χ2v) is 5.23. The minimum absolute atomic E-state index is 0.380. The van der Waals surface area contributed by atoms with Gasteiger partial charge in [0.15, 0.2) is 6.23 Å². The molecule has 3 heterocycles. The van der Waals surface area contributed by atoms with Crippen molar-refractivity contribution in [3.05, 3.63) is 24.5 Å². The third-order valence-electron chi connectivity index (χ3n) is 3.87. The zero-order chi connectivity index (χ0) is 14.5. The fraction of sp³-hybridized carbons (Fsp3) is 0.462. The number of rotatable bonds is 2. The van der Waals surface area contributed by atoms with Crippen LogP contribution in [-0.2, 0) is 4.74 Å². The second-order valence-electron chi connectivity index (χ2n) is 5.23. The van der Waals surface area contributed by atoms with Gasteiger partial charge in [-0.05, 0) is 19.1 Å². The molecule has 1 saturated heterocycles. The predicted molar refractivity (Wildman–Crippen MR) is 70.9 cm³/mol. The molecule has 0 aromatic rings. The summed E-state index contributed by atoms with van der Waals surface area (Å²) in [6, 6.07) is 3.52. The zero-order valence-electron chi connectivity index (χ0n) is 11.0. The highest BCUT2D eigenvalue weighted by Crippen LogP contribution is 2.41. The maximum absolute atomic E-state index is 10.4. The van der Waals surface area contributed by atoms with Gasteiger partial charge in [0.2, 0.25) is 0 Å². The Kier molecular flexibility index (Phi) is 2.94. The lowest BCUT2D eigenvalue weighted by molar-refractivity contribution is -0.0957. The van der Waals surface area contributed by atoms with Gasteiger partial charge in [0, 0.05) is 18.0 Å². The average molecular weight is 279 g/mol. The lowest BCUT2D eigenvalue weighted by atomic mass is 9.96.